The van der Waals surface area contributed by atoms with Crippen LogP contribution in [0, 0.1) is 0 Å². The SMILES string of the molecule is CC/C=C\C/C=C\C/C=C\C/C=C\CCCCCCCCC(=O)OC(COC(=O)CCCCCCC/C=C\CCCCCC)COP(=O)(O)OCC(CO)OC(=O)CCCCCCCCCCC/C=C\C/C=C\CCCCC. The highest BCUT2D eigenvalue weighted by atomic mass is 31.2. The molecule has 12 heteroatoms. The third-order valence-electron chi connectivity index (χ3n) is 13.3. The minimum Gasteiger partial charge on any atom is -0.462 e. The van der Waals surface area contributed by atoms with Crippen molar-refractivity contribution in [2.45, 2.75) is 290 Å². The molecule has 0 radical (unpaired) electrons. The highest BCUT2D eigenvalue weighted by molar-refractivity contribution is 7.47. The summed E-state index contributed by atoms with van der Waals surface area (Å²) in [6.07, 6.45) is 69.6. The Hall–Kier alpha value is -3.34. The quantitative estimate of drug-likeness (QED) is 0.0197. The zero-order valence-corrected chi connectivity index (χ0v) is 50.8. The standard InChI is InChI=1S/C66H115O11P/c1-4-7-10-13-16-19-22-25-27-29-31-33-35-38-41-44-47-50-53-56-65(69)76-62(58-67)60-74-78(71,72)75-61-63(59-73-64(68)55-52-49-46-43-40-37-24-21-18-15-12-9-6-3)77-66(70)57-54-51-48-45-42-39-36-34-32-30-28-26-23-20-17-14-11-8-5-2/h8,11,16-17,19-21,24-28,32,34,62-63,67H,4-7,9-10,12-15,18,22-23,29-31,33,35-61H2,1-3H3,(H,71,72)/b11-8-,19-16-,20-17-,24-21-,27-25-,28-26-,34-32-. The van der Waals surface area contributed by atoms with Crippen LogP contribution in [0.15, 0.2) is 85.1 Å². The van der Waals surface area contributed by atoms with Gasteiger partial charge in [0.15, 0.2) is 6.10 Å². The van der Waals surface area contributed by atoms with Crippen LogP contribution in [0.25, 0.3) is 0 Å². The number of phosphoric acid groups is 1. The minimum atomic E-state index is -4.76. The molecule has 0 bridgehead atoms. The van der Waals surface area contributed by atoms with Crippen molar-refractivity contribution >= 4 is 25.7 Å². The summed E-state index contributed by atoms with van der Waals surface area (Å²) in [5.74, 6) is -1.49. The van der Waals surface area contributed by atoms with Gasteiger partial charge in [0.2, 0.25) is 0 Å². The third-order valence-corrected chi connectivity index (χ3v) is 14.2. The van der Waals surface area contributed by atoms with E-state index >= 15 is 0 Å². The van der Waals surface area contributed by atoms with Gasteiger partial charge in [0.05, 0.1) is 19.8 Å². The molecule has 11 nitrogen and oxygen atoms in total. The number of carbonyl (C=O) groups is 3. The van der Waals surface area contributed by atoms with Crippen molar-refractivity contribution in [1.82, 2.24) is 0 Å². The Morgan fingerprint density at radius 2 is 0.667 bits per heavy atom. The lowest BCUT2D eigenvalue weighted by atomic mass is 10.1. The van der Waals surface area contributed by atoms with Gasteiger partial charge in [-0.15, -0.1) is 0 Å². The summed E-state index contributed by atoms with van der Waals surface area (Å²) in [5, 5.41) is 9.85. The van der Waals surface area contributed by atoms with Gasteiger partial charge < -0.3 is 24.2 Å². The number of hydrogen-bond donors (Lipinski definition) is 2. The maximum atomic E-state index is 12.9. The van der Waals surface area contributed by atoms with Crippen LogP contribution in [0.1, 0.15) is 278 Å². The average molecular weight is 1120 g/mol. The molecule has 0 amide bonds. The summed E-state index contributed by atoms with van der Waals surface area (Å²) in [7, 11) is -4.76. The number of hydrogen-bond acceptors (Lipinski definition) is 10. The number of aliphatic hydroxyl groups is 1. The van der Waals surface area contributed by atoms with Crippen molar-refractivity contribution in [1.29, 1.82) is 0 Å². The average Bonchev–Trinajstić information content (AvgIpc) is 3.43. The van der Waals surface area contributed by atoms with E-state index in [4.69, 9.17) is 23.3 Å². The number of esters is 3. The predicted molar refractivity (Wildman–Crippen MR) is 325 cm³/mol. The molecule has 3 atom stereocenters. The van der Waals surface area contributed by atoms with E-state index in [0.29, 0.717) is 19.3 Å². The molecule has 0 aromatic rings. The lowest BCUT2D eigenvalue weighted by Gasteiger charge is -2.21. The highest BCUT2D eigenvalue weighted by Gasteiger charge is 2.28. The first-order valence-electron chi connectivity index (χ1n) is 31.5. The molecule has 3 unspecified atom stereocenters. The van der Waals surface area contributed by atoms with Crippen LogP contribution >= 0.6 is 7.82 Å². The Kier molecular flexibility index (Phi) is 57.2. The Bertz CT molecular complexity index is 1630. The van der Waals surface area contributed by atoms with Gasteiger partial charge in [0.1, 0.15) is 12.7 Å². The number of ether oxygens (including phenoxy) is 3. The Balaban J connectivity index is 4.69. The van der Waals surface area contributed by atoms with Gasteiger partial charge >= 0.3 is 25.7 Å². The normalized spacial score (nSPS) is 13.9. The molecule has 0 rings (SSSR count). The molecule has 0 fully saturated rings. The fourth-order valence-corrected chi connectivity index (χ4v) is 9.27. The summed E-state index contributed by atoms with van der Waals surface area (Å²) in [6, 6.07) is 0. The lowest BCUT2D eigenvalue weighted by Crippen LogP contribution is -2.30. The van der Waals surface area contributed by atoms with Crippen molar-refractivity contribution in [3.8, 4) is 0 Å². The van der Waals surface area contributed by atoms with Crippen LogP contribution in [-0.4, -0.2) is 66.5 Å². The summed E-state index contributed by atoms with van der Waals surface area (Å²) in [4.78, 5) is 48.7. The molecule has 0 aliphatic carbocycles. The monoisotopic (exact) mass is 1110 g/mol. The second kappa shape index (κ2) is 59.8. The second-order valence-electron chi connectivity index (χ2n) is 20.8. The maximum Gasteiger partial charge on any atom is 0.472 e. The number of rotatable bonds is 58. The molecule has 78 heavy (non-hydrogen) atoms. The molecule has 0 spiro atoms. The van der Waals surface area contributed by atoms with Crippen molar-refractivity contribution in [3.05, 3.63) is 85.1 Å². The minimum absolute atomic E-state index is 0.147. The maximum absolute atomic E-state index is 12.9. The van der Waals surface area contributed by atoms with E-state index in [1.807, 2.05) is 0 Å². The molecule has 0 aromatic carbocycles. The van der Waals surface area contributed by atoms with Crippen molar-refractivity contribution < 1.29 is 52.2 Å². The fraction of sp³-hybridized carbons (Fsp3) is 0.742. The smallest absolute Gasteiger partial charge is 0.462 e. The molecule has 0 aromatic heterocycles. The summed E-state index contributed by atoms with van der Waals surface area (Å²) in [5.41, 5.74) is 0. The number of carbonyl (C=O) groups excluding carboxylic acids is 3. The van der Waals surface area contributed by atoms with Crippen LogP contribution < -0.4 is 0 Å². The summed E-state index contributed by atoms with van der Waals surface area (Å²) < 4.78 is 39.6. The summed E-state index contributed by atoms with van der Waals surface area (Å²) >= 11 is 0. The van der Waals surface area contributed by atoms with E-state index in [2.05, 4.69) is 106 Å². The van der Waals surface area contributed by atoms with E-state index in [9.17, 15) is 28.9 Å². The first-order valence-corrected chi connectivity index (χ1v) is 33.0. The van der Waals surface area contributed by atoms with E-state index in [0.717, 1.165) is 135 Å². The summed E-state index contributed by atoms with van der Waals surface area (Å²) in [6.45, 7) is 4.49. The van der Waals surface area contributed by atoms with Crippen LogP contribution in [0.5, 0.6) is 0 Å². The Morgan fingerprint density at radius 3 is 1.06 bits per heavy atom. The molecule has 2 N–H and O–H groups in total. The van der Waals surface area contributed by atoms with Crippen LogP contribution in [-0.2, 0) is 42.2 Å². The van der Waals surface area contributed by atoms with Crippen molar-refractivity contribution in [3.63, 3.8) is 0 Å². The van der Waals surface area contributed by atoms with E-state index in [1.165, 1.54) is 83.5 Å². The van der Waals surface area contributed by atoms with Crippen molar-refractivity contribution in [2.75, 3.05) is 26.4 Å². The Morgan fingerprint density at radius 1 is 0.372 bits per heavy atom. The number of allylic oxidation sites excluding steroid dienone is 14. The first-order chi connectivity index (χ1) is 38.2. The zero-order valence-electron chi connectivity index (χ0n) is 49.9. The number of unbranched alkanes of at least 4 members (excludes halogenated alkanes) is 27. The van der Waals surface area contributed by atoms with Gasteiger partial charge in [-0.1, -0.05) is 228 Å². The predicted octanol–water partition coefficient (Wildman–Crippen LogP) is 19.0. The molecule has 450 valence electrons. The van der Waals surface area contributed by atoms with Crippen LogP contribution in [0.2, 0.25) is 0 Å². The van der Waals surface area contributed by atoms with Crippen LogP contribution in [0.4, 0.5) is 0 Å². The third kappa shape index (κ3) is 57.3. The van der Waals surface area contributed by atoms with E-state index in [1.54, 1.807) is 0 Å². The molecular weight excluding hydrogens is 1000 g/mol. The highest BCUT2D eigenvalue weighted by Crippen LogP contribution is 2.43. The second-order valence-corrected chi connectivity index (χ2v) is 22.3. The van der Waals surface area contributed by atoms with Gasteiger partial charge in [-0.25, -0.2) is 4.57 Å². The number of phosphoric ester groups is 1. The van der Waals surface area contributed by atoms with E-state index in [-0.39, 0.29) is 25.9 Å². The number of aliphatic hydroxyl groups excluding tert-OH is 1. The van der Waals surface area contributed by atoms with Gasteiger partial charge in [-0.3, -0.25) is 23.4 Å². The van der Waals surface area contributed by atoms with Gasteiger partial charge in [-0.2, -0.15) is 0 Å². The molecule has 0 saturated carbocycles. The fourth-order valence-electron chi connectivity index (χ4n) is 8.49. The first kappa shape index (κ1) is 74.7. The molecular formula is C66H115O11P. The Labute approximate surface area is 477 Å². The molecule has 0 saturated heterocycles. The van der Waals surface area contributed by atoms with Gasteiger partial charge in [0, 0.05) is 19.3 Å². The zero-order chi connectivity index (χ0) is 56.9. The van der Waals surface area contributed by atoms with Gasteiger partial charge in [-0.05, 0) is 116 Å². The van der Waals surface area contributed by atoms with Crippen LogP contribution in [0.3, 0.4) is 0 Å². The molecule has 0 aliphatic rings. The topological polar surface area (TPSA) is 155 Å². The molecule has 0 heterocycles. The van der Waals surface area contributed by atoms with Crippen molar-refractivity contribution in [2.24, 2.45) is 0 Å². The van der Waals surface area contributed by atoms with E-state index < -0.39 is 57.8 Å². The lowest BCUT2D eigenvalue weighted by molar-refractivity contribution is -0.161. The largest absolute Gasteiger partial charge is 0.472 e. The molecule has 0 aliphatic heterocycles. The van der Waals surface area contributed by atoms with Gasteiger partial charge in [0.25, 0.3) is 0 Å².